The molecule has 3 heterocycles. The van der Waals surface area contributed by atoms with Gasteiger partial charge in [0.1, 0.15) is 11.2 Å². The van der Waals surface area contributed by atoms with Gasteiger partial charge in [-0.2, -0.15) is 0 Å². The molecule has 9 aromatic carbocycles. The second kappa shape index (κ2) is 12.8. The summed E-state index contributed by atoms with van der Waals surface area (Å²) >= 11 is 0. The van der Waals surface area contributed by atoms with Crippen molar-refractivity contribution in [3.8, 4) is 0 Å². The number of rotatable bonds is 7. The molecule has 12 aromatic rings. The average molecular weight is 757 g/mol. The van der Waals surface area contributed by atoms with Gasteiger partial charge in [0.05, 0.1) is 16.6 Å². The SMILES string of the molecule is c1ccc([Si](c2ccccc2)(c2ccccc2)c2ccc(N(c3ccc4c(c3)oc3ccccc34)c3ccc4c5cccc6c7ccccc7n(c4c3)c65)cc2)cc1. The predicted octanol–water partition coefficient (Wildman–Crippen LogP) is 11.6. The van der Waals surface area contributed by atoms with Crippen LogP contribution in [0.2, 0.25) is 0 Å². The summed E-state index contributed by atoms with van der Waals surface area (Å²) in [6, 6.07) is 80.2. The Morgan fingerprint density at radius 2 is 0.793 bits per heavy atom. The standard InChI is InChI=1S/C54H36N2OSi/c1-4-15-40(16-5-1)58(41-17-6-2-7-18-41,42-19-8-3-9-20-42)43-31-27-37(28-32-43)55(39-30-34-47-46-22-11-13-26-52(46)57-53(47)36-39)38-29-33-45-49-24-14-23-48-44-21-10-12-25-50(44)56(54(48)49)51(45)35-38/h1-36H. The molecule has 3 nitrogen and oxygen atoms in total. The van der Waals surface area contributed by atoms with Crippen LogP contribution in [-0.4, -0.2) is 12.5 Å². The number of para-hydroxylation sites is 3. The summed E-state index contributed by atoms with van der Waals surface area (Å²) in [5.74, 6) is 0. The van der Waals surface area contributed by atoms with Gasteiger partial charge >= 0.3 is 0 Å². The Morgan fingerprint density at radius 3 is 1.45 bits per heavy atom. The van der Waals surface area contributed by atoms with Gasteiger partial charge < -0.3 is 13.7 Å². The molecule has 0 aliphatic heterocycles. The van der Waals surface area contributed by atoms with Gasteiger partial charge in [-0.25, -0.2) is 0 Å². The van der Waals surface area contributed by atoms with Crippen LogP contribution in [-0.2, 0) is 0 Å². The monoisotopic (exact) mass is 756 g/mol. The quantitative estimate of drug-likeness (QED) is 0.119. The predicted molar refractivity (Wildman–Crippen MR) is 247 cm³/mol. The van der Waals surface area contributed by atoms with Crippen LogP contribution in [0.4, 0.5) is 17.1 Å². The second-order valence-electron chi connectivity index (χ2n) is 15.3. The lowest BCUT2D eigenvalue weighted by molar-refractivity contribution is 0.669. The Morgan fingerprint density at radius 1 is 0.328 bits per heavy atom. The first-order valence-corrected chi connectivity index (χ1v) is 21.9. The lowest BCUT2D eigenvalue weighted by Crippen LogP contribution is -2.74. The molecule has 0 N–H and O–H groups in total. The van der Waals surface area contributed by atoms with Gasteiger partial charge in [-0.05, 0) is 69.3 Å². The van der Waals surface area contributed by atoms with E-state index in [1.807, 2.05) is 12.1 Å². The maximum Gasteiger partial charge on any atom is 0.179 e. The maximum atomic E-state index is 6.49. The first kappa shape index (κ1) is 32.8. The van der Waals surface area contributed by atoms with Gasteiger partial charge in [0.2, 0.25) is 0 Å². The van der Waals surface area contributed by atoms with Crippen LogP contribution in [0.25, 0.3) is 60.0 Å². The highest BCUT2D eigenvalue weighted by atomic mass is 28.3. The number of fused-ring (bicyclic) bond motifs is 9. The van der Waals surface area contributed by atoms with Gasteiger partial charge in [0.25, 0.3) is 0 Å². The smallest absolute Gasteiger partial charge is 0.179 e. The number of hydrogen-bond acceptors (Lipinski definition) is 2. The Kier molecular flexibility index (Phi) is 7.25. The fourth-order valence-electron chi connectivity index (χ4n) is 9.78. The Bertz CT molecular complexity index is 3350. The van der Waals surface area contributed by atoms with E-state index in [0.29, 0.717) is 0 Å². The van der Waals surface area contributed by atoms with Crippen LogP contribution >= 0.6 is 0 Å². The van der Waals surface area contributed by atoms with Crippen LogP contribution in [0.1, 0.15) is 0 Å². The Hall–Kier alpha value is -7.40. The van der Waals surface area contributed by atoms with Crippen LogP contribution < -0.4 is 25.6 Å². The van der Waals surface area contributed by atoms with E-state index in [-0.39, 0.29) is 0 Å². The van der Waals surface area contributed by atoms with Crippen LogP contribution in [0.15, 0.2) is 223 Å². The van der Waals surface area contributed by atoms with Crippen molar-refractivity contribution < 1.29 is 4.42 Å². The molecule has 0 spiro atoms. The summed E-state index contributed by atoms with van der Waals surface area (Å²) < 4.78 is 8.95. The van der Waals surface area contributed by atoms with E-state index in [4.69, 9.17) is 4.42 Å². The van der Waals surface area contributed by atoms with Crippen molar-refractivity contribution in [1.29, 1.82) is 0 Å². The third-order valence-electron chi connectivity index (χ3n) is 12.3. The van der Waals surface area contributed by atoms with Crippen LogP contribution in [0.5, 0.6) is 0 Å². The minimum Gasteiger partial charge on any atom is -0.456 e. The molecule has 0 bridgehead atoms. The van der Waals surface area contributed by atoms with E-state index in [9.17, 15) is 0 Å². The minimum absolute atomic E-state index is 0.871. The zero-order valence-electron chi connectivity index (χ0n) is 31.6. The maximum absolute atomic E-state index is 6.49. The molecule has 0 radical (unpaired) electrons. The lowest BCUT2D eigenvalue weighted by Gasteiger charge is -2.35. The largest absolute Gasteiger partial charge is 0.456 e. The average Bonchev–Trinajstić information content (AvgIpc) is 3.95. The lowest BCUT2D eigenvalue weighted by atomic mass is 10.1. The highest BCUT2D eigenvalue weighted by Crippen LogP contribution is 2.43. The van der Waals surface area contributed by atoms with Crippen LogP contribution in [0, 0.1) is 0 Å². The summed E-state index contributed by atoms with van der Waals surface area (Å²) in [6.45, 7) is 0. The molecule has 0 aliphatic carbocycles. The zero-order valence-corrected chi connectivity index (χ0v) is 32.6. The molecule has 4 heteroatoms. The number of benzene rings is 9. The van der Waals surface area contributed by atoms with E-state index in [2.05, 4.69) is 216 Å². The number of aromatic nitrogens is 1. The molecule has 58 heavy (non-hydrogen) atoms. The Labute approximate surface area is 336 Å². The van der Waals surface area contributed by atoms with Gasteiger partial charge in [-0.3, -0.25) is 0 Å². The van der Waals surface area contributed by atoms with Crippen molar-refractivity contribution in [2.24, 2.45) is 0 Å². The number of nitrogens with zero attached hydrogens (tertiary/aromatic N) is 2. The fourth-order valence-corrected chi connectivity index (χ4v) is 14.5. The van der Waals surface area contributed by atoms with E-state index in [1.165, 1.54) is 58.8 Å². The van der Waals surface area contributed by atoms with Crippen molar-refractivity contribution in [3.05, 3.63) is 218 Å². The molecule has 0 saturated heterocycles. The van der Waals surface area contributed by atoms with Gasteiger partial charge in [0.15, 0.2) is 8.07 Å². The normalized spacial score (nSPS) is 12.1. The molecular formula is C54H36N2OSi. The van der Waals surface area contributed by atoms with Crippen molar-refractivity contribution in [2.75, 3.05) is 4.90 Å². The molecule has 0 aliphatic rings. The van der Waals surface area contributed by atoms with Crippen molar-refractivity contribution in [2.45, 2.75) is 0 Å². The first-order valence-electron chi connectivity index (χ1n) is 19.9. The summed E-state index contributed by atoms with van der Waals surface area (Å²) in [6.07, 6.45) is 0. The molecule has 0 amide bonds. The van der Waals surface area contributed by atoms with Crippen molar-refractivity contribution in [3.63, 3.8) is 0 Å². The van der Waals surface area contributed by atoms with E-state index in [1.54, 1.807) is 0 Å². The summed E-state index contributed by atoms with van der Waals surface area (Å²) in [5, 5.41) is 12.7. The van der Waals surface area contributed by atoms with E-state index in [0.717, 1.165) is 39.0 Å². The van der Waals surface area contributed by atoms with Gasteiger partial charge in [-0.15, -0.1) is 0 Å². The first-order chi connectivity index (χ1) is 28.8. The molecule has 0 atom stereocenters. The summed E-state index contributed by atoms with van der Waals surface area (Å²) in [7, 11) is -2.70. The Balaban J connectivity index is 1.10. The third kappa shape index (κ3) is 4.73. The van der Waals surface area contributed by atoms with E-state index >= 15 is 0 Å². The van der Waals surface area contributed by atoms with Gasteiger partial charge in [-0.1, -0.05) is 164 Å². The summed E-state index contributed by atoms with van der Waals surface area (Å²) in [5.41, 5.74) is 8.66. The molecule has 272 valence electrons. The molecule has 0 fully saturated rings. The fraction of sp³-hybridized carbons (Fsp3) is 0. The summed E-state index contributed by atoms with van der Waals surface area (Å²) in [4.78, 5) is 2.39. The highest BCUT2D eigenvalue weighted by molar-refractivity contribution is 7.19. The highest BCUT2D eigenvalue weighted by Gasteiger charge is 2.41. The molecule has 3 aromatic heterocycles. The van der Waals surface area contributed by atoms with Crippen LogP contribution in [0.3, 0.4) is 0 Å². The number of furan rings is 1. The zero-order chi connectivity index (χ0) is 38.2. The number of anilines is 3. The van der Waals surface area contributed by atoms with Crippen molar-refractivity contribution >= 4 is 106 Å². The molecular weight excluding hydrogens is 721 g/mol. The van der Waals surface area contributed by atoms with Crippen molar-refractivity contribution in [1.82, 2.24) is 4.40 Å². The third-order valence-corrected chi connectivity index (χ3v) is 17.1. The van der Waals surface area contributed by atoms with E-state index < -0.39 is 8.07 Å². The molecule has 12 rings (SSSR count). The molecule has 0 unspecified atom stereocenters. The second-order valence-corrected chi connectivity index (χ2v) is 19.1. The van der Waals surface area contributed by atoms with Gasteiger partial charge in [0, 0.05) is 55.4 Å². The minimum atomic E-state index is -2.70. The topological polar surface area (TPSA) is 20.8 Å². The number of hydrogen-bond donors (Lipinski definition) is 0. The molecule has 0 saturated carbocycles.